The number of nitrogens with one attached hydrogen (secondary N) is 1. The highest BCUT2D eigenvalue weighted by molar-refractivity contribution is 9.10. The number of halogens is 4. The van der Waals surface area contributed by atoms with Gasteiger partial charge in [0.25, 0.3) is 0 Å². The van der Waals surface area contributed by atoms with E-state index in [0.717, 1.165) is 15.4 Å². The van der Waals surface area contributed by atoms with E-state index in [2.05, 4.69) is 36.0 Å². The van der Waals surface area contributed by atoms with Crippen LogP contribution in [0.2, 0.25) is 5.02 Å². The number of aromatic nitrogens is 2. The molecule has 1 aromatic heterocycles. The predicted molar refractivity (Wildman–Crippen MR) is 88.6 cm³/mol. The number of benzene rings is 2. The van der Waals surface area contributed by atoms with Crippen LogP contribution in [0.3, 0.4) is 0 Å². The predicted octanol–water partition coefficient (Wildman–Crippen LogP) is 5.39. The Kier molecular flexibility index (Phi) is 4.58. The molecule has 23 heavy (non-hydrogen) atoms. The van der Waals surface area contributed by atoms with Gasteiger partial charge in [-0.25, -0.2) is 9.97 Å². The van der Waals surface area contributed by atoms with Gasteiger partial charge in [-0.15, -0.1) is 0 Å². The number of fused-ring (bicyclic) bond motifs is 1. The third-order valence-electron chi connectivity index (χ3n) is 3.01. The van der Waals surface area contributed by atoms with Gasteiger partial charge in [-0.2, -0.15) is 8.78 Å². The van der Waals surface area contributed by atoms with E-state index in [1.54, 1.807) is 6.07 Å². The highest BCUT2D eigenvalue weighted by Crippen LogP contribution is 2.31. The van der Waals surface area contributed by atoms with Crippen molar-refractivity contribution in [1.29, 1.82) is 0 Å². The van der Waals surface area contributed by atoms with Crippen molar-refractivity contribution in [3.05, 3.63) is 52.2 Å². The van der Waals surface area contributed by atoms with E-state index >= 15 is 0 Å². The lowest BCUT2D eigenvalue weighted by Crippen LogP contribution is -2.02. The van der Waals surface area contributed by atoms with Crippen molar-refractivity contribution in [3.8, 4) is 5.75 Å². The minimum Gasteiger partial charge on any atom is -0.433 e. The summed E-state index contributed by atoms with van der Waals surface area (Å²) in [5, 5.41) is 3.99. The summed E-state index contributed by atoms with van der Waals surface area (Å²) in [6.07, 6.45) is 1.44. The highest BCUT2D eigenvalue weighted by atomic mass is 79.9. The Labute approximate surface area is 143 Å². The van der Waals surface area contributed by atoms with E-state index in [0.29, 0.717) is 11.5 Å². The first kappa shape index (κ1) is 15.9. The van der Waals surface area contributed by atoms with Gasteiger partial charge in [-0.3, -0.25) is 0 Å². The molecule has 118 valence electrons. The summed E-state index contributed by atoms with van der Waals surface area (Å²) >= 11 is 9.35. The lowest BCUT2D eigenvalue weighted by molar-refractivity contribution is -0.0497. The van der Waals surface area contributed by atoms with Crippen LogP contribution in [0.25, 0.3) is 10.9 Å². The van der Waals surface area contributed by atoms with E-state index < -0.39 is 6.61 Å². The fraction of sp³-hybridized carbons (Fsp3) is 0.0667. The molecule has 0 atom stereocenters. The van der Waals surface area contributed by atoms with Crippen LogP contribution in [-0.2, 0) is 0 Å². The van der Waals surface area contributed by atoms with Gasteiger partial charge in [-0.05, 0) is 36.4 Å². The molecule has 0 spiro atoms. The number of hydrogen-bond acceptors (Lipinski definition) is 4. The van der Waals surface area contributed by atoms with Gasteiger partial charge in [0.1, 0.15) is 17.9 Å². The van der Waals surface area contributed by atoms with Gasteiger partial charge < -0.3 is 10.1 Å². The first-order valence-corrected chi connectivity index (χ1v) is 7.61. The third-order valence-corrected chi connectivity index (χ3v) is 3.80. The molecule has 0 bridgehead atoms. The van der Waals surface area contributed by atoms with Crippen LogP contribution in [0, 0.1) is 0 Å². The molecule has 1 heterocycles. The van der Waals surface area contributed by atoms with E-state index in [1.165, 1.54) is 18.5 Å². The summed E-state index contributed by atoms with van der Waals surface area (Å²) in [5.74, 6) is 0.498. The number of rotatable bonds is 4. The Balaban J connectivity index is 1.93. The molecule has 0 amide bonds. The Bertz CT molecular complexity index is 863. The molecule has 4 nitrogen and oxygen atoms in total. The zero-order valence-corrected chi connectivity index (χ0v) is 13.8. The van der Waals surface area contributed by atoms with Crippen LogP contribution in [0.4, 0.5) is 20.3 Å². The van der Waals surface area contributed by atoms with E-state index in [4.69, 9.17) is 11.6 Å². The molecule has 0 saturated carbocycles. The molecular weight excluding hydrogens is 392 g/mol. The molecule has 0 unspecified atom stereocenters. The smallest absolute Gasteiger partial charge is 0.387 e. The van der Waals surface area contributed by atoms with Crippen molar-refractivity contribution in [2.24, 2.45) is 0 Å². The van der Waals surface area contributed by atoms with Crippen LogP contribution in [0.5, 0.6) is 5.75 Å². The van der Waals surface area contributed by atoms with Gasteiger partial charge in [0.15, 0.2) is 0 Å². The normalized spacial score (nSPS) is 11.0. The van der Waals surface area contributed by atoms with Crippen molar-refractivity contribution in [2.45, 2.75) is 6.61 Å². The first-order chi connectivity index (χ1) is 11.0. The number of ether oxygens (including phenoxy) is 1. The average Bonchev–Trinajstić information content (AvgIpc) is 2.50. The van der Waals surface area contributed by atoms with Gasteiger partial charge in [0.05, 0.1) is 10.5 Å². The lowest BCUT2D eigenvalue weighted by Gasteiger charge is -2.11. The maximum absolute atomic E-state index is 12.2. The van der Waals surface area contributed by atoms with Gasteiger partial charge in [0, 0.05) is 15.5 Å². The zero-order chi connectivity index (χ0) is 16.4. The van der Waals surface area contributed by atoms with Crippen molar-refractivity contribution in [2.75, 3.05) is 5.32 Å². The summed E-state index contributed by atoms with van der Waals surface area (Å²) in [6, 6.07) is 10.1. The summed E-state index contributed by atoms with van der Waals surface area (Å²) in [6.45, 7) is -2.92. The van der Waals surface area contributed by atoms with Crippen molar-refractivity contribution < 1.29 is 13.5 Å². The summed E-state index contributed by atoms with van der Waals surface area (Å²) in [7, 11) is 0. The Morgan fingerprint density at radius 2 is 1.96 bits per heavy atom. The Morgan fingerprint density at radius 3 is 2.70 bits per heavy atom. The van der Waals surface area contributed by atoms with Gasteiger partial charge in [-0.1, -0.05) is 27.5 Å². The maximum Gasteiger partial charge on any atom is 0.387 e. The summed E-state index contributed by atoms with van der Waals surface area (Å²) < 4.78 is 29.7. The van der Waals surface area contributed by atoms with Crippen molar-refractivity contribution >= 4 is 49.9 Å². The monoisotopic (exact) mass is 399 g/mol. The quantitative estimate of drug-likeness (QED) is 0.638. The van der Waals surface area contributed by atoms with Crippen LogP contribution < -0.4 is 10.1 Å². The second kappa shape index (κ2) is 6.64. The second-order valence-corrected chi connectivity index (χ2v) is 5.86. The molecule has 0 aliphatic heterocycles. The first-order valence-electron chi connectivity index (χ1n) is 6.44. The average molecular weight is 401 g/mol. The largest absolute Gasteiger partial charge is 0.433 e. The van der Waals surface area contributed by atoms with Gasteiger partial charge >= 0.3 is 6.61 Å². The summed E-state index contributed by atoms with van der Waals surface area (Å²) in [5.41, 5.74) is 1.37. The number of hydrogen-bond donors (Lipinski definition) is 1. The van der Waals surface area contributed by atoms with Crippen molar-refractivity contribution in [1.82, 2.24) is 9.97 Å². The Hall–Kier alpha value is -1.99. The fourth-order valence-electron chi connectivity index (χ4n) is 2.04. The molecule has 0 fully saturated rings. The van der Waals surface area contributed by atoms with Gasteiger partial charge in [0.2, 0.25) is 0 Å². The van der Waals surface area contributed by atoms with Crippen LogP contribution in [0.15, 0.2) is 47.2 Å². The van der Waals surface area contributed by atoms with Crippen molar-refractivity contribution in [3.63, 3.8) is 0 Å². The standard InChI is InChI=1S/C15H9BrClF2N3O/c16-8-1-3-12-10(5-8)14(21-7-20-12)22-9-2-4-13(11(17)6-9)23-15(18)19/h1-7,15H,(H,20,21,22). The summed E-state index contributed by atoms with van der Waals surface area (Å²) in [4.78, 5) is 8.39. The molecule has 3 rings (SSSR count). The third kappa shape index (κ3) is 3.68. The molecule has 0 aliphatic rings. The molecule has 0 radical (unpaired) electrons. The molecule has 1 N–H and O–H groups in total. The number of alkyl halides is 2. The highest BCUT2D eigenvalue weighted by Gasteiger charge is 2.10. The SMILES string of the molecule is FC(F)Oc1ccc(Nc2ncnc3ccc(Br)cc23)cc1Cl. The molecule has 0 aliphatic carbocycles. The molecular formula is C15H9BrClF2N3O. The van der Waals surface area contributed by atoms with Crippen LogP contribution >= 0.6 is 27.5 Å². The van der Waals surface area contributed by atoms with Crippen LogP contribution in [0.1, 0.15) is 0 Å². The number of nitrogens with zero attached hydrogens (tertiary/aromatic N) is 2. The molecule has 8 heteroatoms. The maximum atomic E-state index is 12.2. The molecule has 3 aromatic rings. The minimum absolute atomic E-state index is 0.0786. The Morgan fingerprint density at radius 1 is 1.13 bits per heavy atom. The van der Waals surface area contributed by atoms with E-state index in [9.17, 15) is 8.78 Å². The van der Waals surface area contributed by atoms with E-state index in [1.807, 2.05) is 18.2 Å². The topological polar surface area (TPSA) is 47.0 Å². The lowest BCUT2D eigenvalue weighted by atomic mass is 10.2. The van der Waals surface area contributed by atoms with Crippen LogP contribution in [-0.4, -0.2) is 16.6 Å². The minimum atomic E-state index is -2.92. The van der Waals surface area contributed by atoms with E-state index in [-0.39, 0.29) is 10.8 Å². The fourth-order valence-corrected chi connectivity index (χ4v) is 2.62. The second-order valence-electron chi connectivity index (χ2n) is 4.53. The number of anilines is 2. The zero-order valence-electron chi connectivity index (χ0n) is 11.4. The molecule has 2 aromatic carbocycles. The molecule has 0 saturated heterocycles.